The van der Waals surface area contributed by atoms with Crippen molar-refractivity contribution in [2.75, 3.05) is 29.9 Å². The number of nitrogens with zero attached hydrogens (tertiary/aromatic N) is 4. The van der Waals surface area contributed by atoms with Crippen LogP contribution >= 0.6 is 11.8 Å². The number of nitrogens with one attached hydrogen (secondary N) is 2. The molecule has 0 aliphatic carbocycles. The number of aromatic nitrogens is 3. The van der Waals surface area contributed by atoms with Gasteiger partial charge in [0.25, 0.3) is 0 Å². The Bertz CT molecular complexity index is 1630. The number of benzene rings is 2. The number of ether oxygens (including phenoxy) is 1. The van der Waals surface area contributed by atoms with Crippen LogP contribution in [0, 0.1) is 13.8 Å². The van der Waals surface area contributed by atoms with E-state index >= 15 is 0 Å². The number of thioether (sulfide) groups is 1. The zero-order valence-corrected chi connectivity index (χ0v) is 25.7. The first kappa shape index (κ1) is 28.4. The van der Waals surface area contributed by atoms with E-state index in [1.165, 1.54) is 16.0 Å². The summed E-state index contributed by atoms with van der Waals surface area (Å²) in [6.07, 6.45) is 3.69. The summed E-state index contributed by atoms with van der Waals surface area (Å²) in [6, 6.07) is 12.8. The molecule has 1 atom stereocenters. The van der Waals surface area contributed by atoms with Crippen LogP contribution in [0.15, 0.2) is 47.5 Å². The Balaban J connectivity index is 1.33. The van der Waals surface area contributed by atoms with Gasteiger partial charge in [-0.3, -0.25) is 14.6 Å². The number of carbonyl (C=O) groups is 1. The van der Waals surface area contributed by atoms with Crippen LogP contribution in [0.4, 0.5) is 23.1 Å². The van der Waals surface area contributed by atoms with Gasteiger partial charge in [-0.05, 0) is 93.6 Å². The third-order valence-electron chi connectivity index (χ3n) is 8.11. The Hall–Kier alpha value is -3.76. The highest BCUT2D eigenvalue weighted by molar-refractivity contribution is 8.00. The second-order valence-corrected chi connectivity index (χ2v) is 13.3. The van der Waals surface area contributed by atoms with Crippen molar-refractivity contribution in [1.82, 2.24) is 19.9 Å². The number of nitrogens with two attached hydrogens (primary N) is 1. The highest BCUT2D eigenvalue weighted by Gasteiger charge is 2.34. The molecule has 220 valence electrons. The lowest BCUT2D eigenvalue weighted by atomic mass is 9.86. The number of rotatable bonds is 8. The van der Waals surface area contributed by atoms with E-state index in [2.05, 4.69) is 78.1 Å². The van der Waals surface area contributed by atoms with Gasteiger partial charge in [0.1, 0.15) is 17.2 Å². The lowest BCUT2D eigenvalue weighted by Crippen LogP contribution is -2.39. The molecular weight excluding hydrogens is 546 g/mol. The van der Waals surface area contributed by atoms with Crippen molar-refractivity contribution < 1.29 is 9.53 Å². The topological polar surface area (TPSA) is 112 Å². The van der Waals surface area contributed by atoms with E-state index in [0.29, 0.717) is 23.7 Å². The first-order valence-electron chi connectivity index (χ1n) is 14.7. The molecule has 4 aromatic rings. The number of amides is 1. The predicted octanol–water partition coefficient (Wildman–Crippen LogP) is 6.36. The highest BCUT2D eigenvalue weighted by Crippen LogP contribution is 2.46. The molecule has 4 heterocycles. The van der Waals surface area contributed by atoms with Gasteiger partial charge in [0, 0.05) is 16.3 Å². The lowest BCUT2D eigenvalue weighted by Gasteiger charge is -2.32. The summed E-state index contributed by atoms with van der Waals surface area (Å²) < 4.78 is 6.41. The summed E-state index contributed by atoms with van der Waals surface area (Å²) in [6.45, 7) is 12.7. The summed E-state index contributed by atoms with van der Waals surface area (Å²) in [5.74, 6) is 2.35. The van der Waals surface area contributed by atoms with Gasteiger partial charge in [0.2, 0.25) is 11.9 Å². The fraction of sp³-hybridized carbons (Fsp3) is 0.406. The number of fused-ring (bicyclic) bond motifs is 2. The maximum atomic E-state index is 11.4. The third kappa shape index (κ3) is 5.53. The van der Waals surface area contributed by atoms with E-state index in [0.717, 1.165) is 65.5 Å². The van der Waals surface area contributed by atoms with Crippen molar-refractivity contribution in [3.05, 3.63) is 59.3 Å². The summed E-state index contributed by atoms with van der Waals surface area (Å²) in [5, 5.41) is 5.07. The first-order valence-corrected chi connectivity index (χ1v) is 15.6. The summed E-state index contributed by atoms with van der Waals surface area (Å²) >= 11 is 1.83. The molecule has 0 radical (unpaired) electrons. The minimum Gasteiger partial charge on any atom is -0.468 e. The van der Waals surface area contributed by atoms with Crippen molar-refractivity contribution in [3.8, 4) is 5.75 Å². The van der Waals surface area contributed by atoms with E-state index in [1.807, 2.05) is 30.9 Å². The van der Waals surface area contributed by atoms with Crippen LogP contribution < -0.4 is 20.7 Å². The molecule has 0 bridgehead atoms. The molecule has 1 amide bonds. The van der Waals surface area contributed by atoms with Gasteiger partial charge >= 0.3 is 0 Å². The van der Waals surface area contributed by atoms with Gasteiger partial charge in [-0.15, -0.1) is 11.8 Å². The number of carbonyl (C=O) groups excluding carboxylic acids is 1. The highest BCUT2D eigenvalue weighted by atomic mass is 32.2. The second-order valence-electron chi connectivity index (χ2n) is 11.6. The van der Waals surface area contributed by atoms with E-state index in [-0.39, 0.29) is 12.1 Å². The normalized spacial score (nSPS) is 17.6. The van der Waals surface area contributed by atoms with E-state index in [1.54, 1.807) is 0 Å². The van der Waals surface area contributed by atoms with Gasteiger partial charge in [-0.25, -0.2) is 0 Å². The number of H-pyrrole nitrogens is 1. The molecule has 10 heteroatoms. The lowest BCUT2D eigenvalue weighted by molar-refractivity contribution is -0.119. The maximum Gasteiger partial charge on any atom is 0.237 e. The van der Waals surface area contributed by atoms with Crippen LogP contribution in [-0.4, -0.2) is 56.9 Å². The number of piperidine rings is 1. The summed E-state index contributed by atoms with van der Waals surface area (Å²) in [7, 11) is 0. The Morgan fingerprint density at radius 3 is 2.67 bits per heavy atom. The second kappa shape index (κ2) is 11.5. The Kier molecular flexibility index (Phi) is 7.76. The van der Waals surface area contributed by atoms with Gasteiger partial charge in [-0.1, -0.05) is 26.0 Å². The molecule has 0 saturated carbocycles. The van der Waals surface area contributed by atoms with Crippen LogP contribution in [0.1, 0.15) is 56.2 Å². The zero-order chi connectivity index (χ0) is 29.5. The molecular formula is C32H39N7O2S. The minimum atomic E-state index is -0.267. The van der Waals surface area contributed by atoms with Crippen molar-refractivity contribution in [2.45, 2.75) is 69.8 Å². The average molecular weight is 586 g/mol. The van der Waals surface area contributed by atoms with Crippen molar-refractivity contribution >= 4 is 51.8 Å². The smallest absolute Gasteiger partial charge is 0.237 e. The Morgan fingerprint density at radius 1 is 1.17 bits per heavy atom. The number of aromatic amines is 1. The van der Waals surface area contributed by atoms with Crippen molar-refractivity contribution in [3.63, 3.8) is 0 Å². The number of anilines is 4. The largest absolute Gasteiger partial charge is 0.468 e. The summed E-state index contributed by atoms with van der Waals surface area (Å²) in [5.41, 5.74) is 11.8. The molecule has 1 fully saturated rings. The van der Waals surface area contributed by atoms with E-state index in [9.17, 15) is 4.79 Å². The quantitative estimate of drug-likeness (QED) is 0.205. The third-order valence-corrected chi connectivity index (χ3v) is 9.19. The van der Waals surface area contributed by atoms with Gasteiger partial charge in [0.05, 0.1) is 23.3 Å². The Morgan fingerprint density at radius 2 is 1.93 bits per heavy atom. The molecule has 1 saturated heterocycles. The van der Waals surface area contributed by atoms with Crippen LogP contribution in [-0.2, 0) is 4.79 Å². The monoisotopic (exact) mass is 585 g/mol. The fourth-order valence-corrected chi connectivity index (χ4v) is 7.08. The molecule has 1 unspecified atom stereocenters. The molecule has 0 spiro atoms. The number of aryl methyl sites for hydroxylation is 2. The molecule has 2 aromatic heterocycles. The summed E-state index contributed by atoms with van der Waals surface area (Å²) in [4.78, 5) is 30.2. The van der Waals surface area contributed by atoms with Crippen LogP contribution in [0.25, 0.3) is 11.0 Å². The molecule has 2 aliphatic rings. The van der Waals surface area contributed by atoms with Crippen LogP contribution in [0.5, 0.6) is 5.75 Å². The average Bonchev–Trinajstić information content (AvgIpc) is 3.47. The van der Waals surface area contributed by atoms with Crippen LogP contribution in [0.3, 0.4) is 0 Å². The standard InChI is InChI=1S/C32H39N7O2S/c1-18(2)42-27-9-7-6-8-24(27)35-31-29-20(4)16-34-30(29)36-32(37-31)39-21(5)41-26-15-23(19(3)14-25(26)39)22-10-12-38(13-11-22)17-28(33)40/h6-9,14-16,18,21-22H,10-13,17H2,1-5H3,(H2,33,40)(H2,34,35,36,37). The SMILES string of the molecule is Cc1cc2c(cc1C1CCN(CC(N)=O)CC1)OC(C)N2c1nc(Nc2ccccc2SC(C)C)c2c(C)c[nH]c2n1. The maximum absolute atomic E-state index is 11.4. The van der Waals surface area contributed by atoms with E-state index < -0.39 is 0 Å². The predicted molar refractivity (Wildman–Crippen MR) is 170 cm³/mol. The van der Waals surface area contributed by atoms with Crippen molar-refractivity contribution in [1.29, 1.82) is 0 Å². The van der Waals surface area contributed by atoms with Gasteiger partial charge in [-0.2, -0.15) is 9.97 Å². The molecule has 42 heavy (non-hydrogen) atoms. The number of para-hydroxylation sites is 1. The van der Waals surface area contributed by atoms with Crippen LogP contribution in [0.2, 0.25) is 0 Å². The van der Waals surface area contributed by atoms with Gasteiger partial charge < -0.3 is 20.8 Å². The minimum absolute atomic E-state index is 0.266. The first-order chi connectivity index (χ1) is 20.2. The molecule has 2 aliphatic heterocycles. The number of primary amides is 1. The number of hydrogen-bond acceptors (Lipinski definition) is 8. The number of likely N-dealkylation sites (tertiary alicyclic amines) is 1. The molecule has 4 N–H and O–H groups in total. The molecule has 9 nitrogen and oxygen atoms in total. The number of hydrogen-bond donors (Lipinski definition) is 3. The molecule has 6 rings (SSSR count). The zero-order valence-electron chi connectivity index (χ0n) is 24.9. The van der Waals surface area contributed by atoms with Gasteiger partial charge in [0.15, 0.2) is 6.23 Å². The Labute approximate surface area is 251 Å². The van der Waals surface area contributed by atoms with Crippen molar-refractivity contribution in [2.24, 2.45) is 5.73 Å². The van der Waals surface area contributed by atoms with E-state index in [4.69, 9.17) is 20.4 Å². The molecule has 2 aromatic carbocycles. The fourth-order valence-electron chi connectivity index (χ4n) is 6.16.